The van der Waals surface area contributed by atoms with E-state index in [2.05, 4.69) is 19.8 Å². The van der Waals surface area contributed by atoms with E-state index in [9.17, 15) is 9.18 Å². The lowest BCUT2D eigenvalue weighted by atomic mass is 10.0. The highest BCUT2D eigenvalue weighted by Gasteiger charge is 2.29. The molecule has 2 heterocycles. The van der Waals surface area contributed by atoms with Crippen molar-refractivity contribution in [3.8, 4) is 0 Å². The molecule has 0 radical (unpaired) electrons. The smallest absolute Gasteiger partial charge is 0.246 e. The molecule has 1 fully saturated rings. The van der Waals surface area contributed by atoms with Crippen molar-refractivity contribution >= 4 is 11.6 Å². The van der Waals surface area contributed by atoms with Crippen molar-refractivity contribution in [2.45, 2.75) is 19.5 Å². The average Bonchev–Trinajstić information content (AvgIpc) is 3.15. The summed E-state index contributed by atoms with van der Waals surface area (Å²) in [4.78, 5) is 19.6. The predicted octanol–water partition coefficient (Wildman–Crippen LogP) is 3.39. The third-order valence-electron chi connectivity index (χ3n) is 5.32. The van der Waals surface area contributed by atoms with Gasteiger partial charge in [0.05, 0.1) is 13.2 Å². The maximum Gasteiger partial charge on any atom is 0.246 e. The van der Waals surface area contributed by atoms with Crippen LogP contribution in [0.3, 0.4) is 0 Å². The summed E-state index contributed by atoms with van der Waals surface area (Å²) in [5, 5.41) is 3.05. The number of anilines is 1. The third-order valence-corrected chi connectivity index (χ3v) is 5.32. The number of ether oxygens (including phenoxy) is 1. The highest BCUT2D eigenvalue weighted by atomic mass is 19.1. The van der Waals surface area contributed by atoms with Crippen molar-refractivity contribution in [3.05, 3.63) is 83.7 Å². The molecule has 1 N–H and O–H groups in total. The zero-order valence-electron chi connectivity index (χ0n) is 16.9. The number of hydrogen-bond donors (Lipinski definition) is 1. The first-order chi connectivity index (χ1) is 14.6. The molecule has 7 heteroatoms. The average molecular weight is 408 g/mol. The summed E-state index contributed by atoms with van der Waals surface area (Å²) in [6, 6.07) is 13.4. The quantitative estimate of drug-likeness (QED) is 0.679. The lowest BCUT2D eigenvalue weighted by molar-refractivity contribution is -0.123. The molecule has 156 valence electrons. The second kappa shape index (κ2) is 9.19. The first kappa shape index (κ1) is 20.3. The Kier molecular flexibility index (Phi) is 6.21. The lowest BCUT2D eigenvalue weighted by Crippen LogP contribution is -2.43. The molecule has 0 aliphatic carbocycles. The number of amides is 1. The normalized spacial score (nSPS) is 15.7. The SMILES string of the molecule is Cc1nccn1Cc1cccc(NC(=O)[C@H](c2ccc(F)cc2)N2CCOCC2)c1. The molecule has 30 heavy (non-hydrogen) atoms. The first-order valence-electron chi connectivity index (χ1n) is 10.0. The fourth-order valence-corrected chi connectivity index (χ4v) is 3.73. The van der Waals surface area contributed by atoms with Gasteiger partial charge >= 0.3 is 0 Å². The molecule has 1 saturated heterocycles. The molecule has 1 aliphatic heterocycles. The summed E-state index contributed by atoms with van der Waals surface area (Å²) in [5.74, 6) is 0.481. The van der Waals surface area contributed by atoms with E-state index in [1.54, 1.807) is 18.3 Å². The maximum absolute atomic E-state index is 13.4. The summed E-state index contributed by atoms with van der Waals surface area (Å²) in [6.45, 7) is 5.09. The molecule has 0 spiro atoms. The molecule has 3 aromatic rings. The molecule has 1 amide bonds. The number of carbonyl (C=O) groups excluding carboxylic acids is 1. The molecule has 1 aromatic heterocycles. The van der Waals surface area contributed by atoms with Crippen LogP contribution in [0, 0.1) is 12.7 Å². The molecule has 0 unspecified atom stereocenters. The fraction of sp³-hybridized carbons (Fsp3) is 0.304. The van der Waals surface area contributed by atoms with E-state index < -0.39 is 6.04 Å². The van der Waals surface area contributed by atoms with Gasteiger partial charge in [0, 0.05) is 37.7 Å². The third kappa shape index (κ3) is 4.75. The van der Waals surface area contributed by atoms with Gasteiger partial charge in [-0.1, -0.05) is 24.3 Å². The number of morpholine rings is 1. The number of benzene rings is 2. The van der Waals surface area contributed by atoms with Gasteiger partial charge in [-0.3, -0.25) is 9.69 Å². The van der Waals surface area contributed by atoms with Crippen LogP contribution >= 0.6 is 0 Å². The Balaban J connectivity index is 1.54. The van der Waals surface area contributed by atoms with Gasteiger partial charge in [-0.2, -0.15) is 0 Å². The van der Waals surface area contributed by atoms with E-state index in [0.717, 1.165) is 22.6 Å². The fourth-order valence-electron chi connectivity index (χ4n) is 3.73. The van der Waals surface area contributed by atoms with Gasteiger partial charge in [0.25, 0.3) is 0 Å². The van der Waals surface area contributed by atoms with Crippen molar-refractivity contribution in [1.82, 2.24) is 14.5 Å². The second-order valence-electron chi connectivity index (χ2n) is 7.39. The van der Waals surface area contributed by atoms with Gasteiger partial charge in [-0.15, -0.1) is 0 Å². The van der Waals surface area contributed by atoms with E-state index in [1.165, 1.54) is 12.1 Å². The van der Waals surface area contributed by atoms with E-state index in [4.69, 9.17) is 4.74 Å². The van der Waals surface area contributed by atoms with Crippen molar-refractivity contribution in [3.63, 3.8) is 0 Å². The van der Waals surface area contributed by atoms with Gasteiger partial charge in [-0.05, 0) is 42.3 Å². The van der Waals surface area contributed by atoms with Crippen molar-refractivity contribution in [2.75, 3.05) is 31.6 Å². The van der Waals surface area contributed by atoms with Crippen LogP contribution in [0.1, 0.15) is 23.0 Å². The minimum Gasteiger partial charge on any atom is -0.379 e. The van der Waals surface area contributed by atoms with Crippen LogP contribution < -0.4 is 5.32 Å². The van der Waals surface area contributed by atoms with Gasteiger partial charge < -0.3 is 14.6 Å². The molecular weight excluding hydrogens is 383 g/mol. The minimum absolute atomic E-state index is 0.139. The van der Waals surface area contributed by atoms with Crippen molar-refractivity contribution < 1.29 is 13.9 Å². The van der Waals surface area contributed by atoms with Gasteiger partial charge in [0.2, 0.25) is 5.91 Å². The zero-order valence-corrected chi connectivity index (χ0v) is 16.9. The number of aryl methyl sites for hydroxylation is 1. The Labute approximate surface area is 175 Å². The molecule has 1 aliphatic rings. The van der Waals surface area contributed by atoms with Crippen LogP contribution in [-0.4, -0.2) is 46.7 Å². The Bertz CT molecular complexity index is 996. The number of halogens is 1. The summed E-state index contributed by atoms with van der Waals surface area (Å²) in [7, 11) is 0. The zero-order chi connectivity index (χ0) is 20.9. The number of hydrogen-bond acceptors (Lipinski definition) is 4. The molecule has 4 rings (SSSR count). The topological polar surface area (TPSA) is 59.4 Å². The van der Waals surface area contributed by atoms with Crippen LogP contribution in [0.2, 0.25) is 0 Å². The van der Waals surface area contributed by atoms with Crippen LogP contribution in [-0.2, 0) is 16.1 Å². The van der Waals surface area contributed by atoms with Gasteiger partial charge in [0.1, 0.15) is 17.7 Å². The lowest BCUT2D eigenvalue weighted by Gasteiger charge is -2.33. The van der Waals surface area contributed by atoms with Crippen LogP contribution in [0.25, 0.3) is 0 Å². The number of aromatic nitrogens is 2. The van der Waals surface area contributed by atoms with Crippen LogP contribution in [0.15, 0.2) is 60.9 Å². The van der Waals surface area contributed by atoms with Crippen LogP contribution in [0.5, 0.6) is 0 Å². The van der Waals surface area contributed by atoms with E-state index in [1.807, 2.05) is 37.4 Å². The van der Waals surface area contributed by atoms with Gasteiger partial charge in [-0.25, -0.2) is 9.37 Å². The molecule has 2 aromatic carbocycles. The highest BCUT2D eigenvalue weighted by molar-refractivity contribution is 5.95. The number of rotatable bonds is 6. The first-order valence-corrected chi connectivity index (χ1v) is 10.0. The van der Waals surface area contributed by atoms with Gasteiger partial charge in [0.15, 0.2) is 0 Å². The summed E-state index contributed by atoms with van der Waals surface area (Å²) in [6.07, 6.45) is 3.71. The molecule has 0 saturated carbocycles. The summed E-state index contributed by atoms with van der Waals surface area (Å²) < 4.78 is 20.9. The number of nitrogens with one attached hydrogen (secondary N) is 1. The minimum atomic E-state index is -0.506. The molecular formula is C23H25FN4O2. The molecule has 6 nitrogen and oxygen atoms in total. The van der Waals surface area contributed by atoms with E-state index in [0.29, 0.717) is 32.8 Å². The Morgan fingerprint density at radius 1 is 1.20 bits per heavy atom. The Morgan fingerprint density at radius 2 is 1.97 bits per heavy atom. The second-order valence-corrected chi connectivity index (χ2v) is 7.39. The van der Waals surface area contributed by atoms with Crippen LogP contribution in [0.4, 0.5) is 10.1 Å². The summed E-state index contributed by atoms with van der Waals surface area (Å²) >= 11 is 0. The van der Waals surface area contributed by atoms with Crippen molar-refractivity contribution in [2.24, 2.45) is 0 Å². The molecule has 0 bridgehead atoms. The number of carbonyl (C=O) groups is 1. The maximum atomic E-state index is 13.4. The number of imidazole rings is 1. The highest BCUT2D eigenvalue weighted by Crippen LogP contribution is 2.25. The predicted molar refractivity (Wildman–Crippen MR) is 113 cm³/mol. The molecule has 1 atom stereocenters. The standard InChI is InChI=1S/C23H25FN4O2/c1-17-25-9-10-28(17)16-18-3-2-4-21(15-18)26-23(29)22(27-11-13-30-14-12-27)19-5-7-20(24)8-6-19/h2-10,15,22H,11-14,16H2,1H3,(H,26,29)/t22-/m0/s1. The van der Waals surface area contributed by atoms with Crippen molar-refractivity contribution in [1.29, 1.82) is 0 Å². The number of nitrogens with zero attached hydrogens (tertiary/aromatic N) is 3. The Morgan fingerprint density at radius 3 is 2.67 bits per heavy atom. The van der Waals surface area contributed by atoms with E-state index >= 15 is 0 Å². The largest absolute Gasteiger partial charge is 0.379 e. The Hall–Kier alpha value is -3.03. The summed E-state index contributed by atoms with van der Waals surface area (Å²) in [5.41, 5.74) is 2.57. The monoisotopic (exact) mass is 408 g/mol. The van der Waals surface area contributed by atoms with E-state index in [-0.39, 0.29) is 11.7 Å².